The van der Waals surface area contributed by atoms with E-state index in [1.54, 1.807) is 22.3 Å². The van der Waals surface area contributed by atoms with Gasteiger partial charge in [0.2, 0.25) is 0 Å². The Balaban J connectivity index is 1.52. The van der Waals surface area contributed by atoms with Crippen molar-refractivity contribution < 1.29 is 19.1 Å². The molecule has 3 amide bonds. The summed E-state index contributed by atoms with van der Waals surface area (Å²) in [5.41, 5.74) is 1.49. The van der Waals surface area contributed by atoms with Crippen molar-refractivity contribution in [2.24, 2.45) is 0 Å². The third-order valence-electron chi connectivity index (χ3n) is 4.34. The van der Waals surface area contributed by atoms with E-state index in [4.69, 9.17) is 4.74 Å². The van der Waals surface area contributed by atoms with Crippen molar-refractivity contribution in [1.29, 1.82) is 0 Å². The Bertz CT molecular complexity index is 846. The number of amides is 3. The Hall–Kier alpha value is -2.48. The summed E-state index contributed by atoms with van der Waals surface area (Å²) >= 11 is 1.55. The van der Waals surface area contributed by atoms with Crippen LogP contribution >= 0.6 is 11.3 Å². The molecule has 2 aliphatic heterocycles. The number of hydrogen-bond acceptors (Lipinski definition) is 6. The molecular weight excluding hydrogens is 330 g/mol. The number of nitrogens with zero attached hydrogens (tertiary/aromatic N) is 3. The Morgan fingerprint density at radius 1 is 1.38 bits per heavy atom. The number of cyclic esters (lactones) is 1. The molecule has 0 bridgehead atoms. The number of aromatic nitrogens is 1. The Labute approximate surface area is 141 Å². The van der Waals surface area contributed by atoms with Gasteiger partial charge >= 0.3 is 6.09 Å². The minimum atomic E-state index is -0.610. The Morgan fingerprint density at radius 2 is 2.21 bits per heavy atom. The lowest BCUT2D eigenvalue weighted by molar-refractivity contribution is -0.127. The van der Waals surface area contributed by atoms with Crippen molar-refractivity contribution >= 4 is 39.5 Å². The fraction of sp³-hybridized carbons (Fsp3) is 0.375. The molecule has 0 aliphatic carbocycles. The summed E-state index contributed by atoms with van der Waals surface area (Å²) in [4.78, 5) is 43.3. The number of imide groups is 1. The smallest absolute Gasteiger partial charge is 0.417 e. The van der Waals surface area contributed by atoms with Gasteiger partial charge in [0, 0.05) is 18.7 Å². The van der Waals surface area contributed by atoms with Crippen molar-refractivity contribution in [1.82, 2.24) is 14.8 Å². The number of carbonyl (C=O) groups excluding carboxylic acids is 3. The van der Waals surface area contributed by atoms with Gasteiger partial charge in [-0.25, -0.2) is 14.7 Å². The number of carbonyl (C=O) groups is 3. The molecule has 2 fully saturated rings. The molecule has 7 nitrogen and oxygen atoms in total. The van der Waals surface area contributed by atoms with Crippen LogP contribution in [0, 0.1) is 6.92 Å². The second-order valence-electron chi connectivity index (χ2n) is 5.93. The number of rotatable bonds is 2. The minimum absolute atomic E-state index is 0.0922. The first-order valence-corrected chi connectivity index (χ1v) is 8.50. The first-order chi connectivity index (χ1) is 11.5. The molecule has 1 aromatic heterocycles. The zero-order chi connectivity index (χ0) is 16.8. The second kappa shape index (κ2) is 5.55. The first-order valence-electron chi connectivity index (χ1n) is 7.68. The molecule has 0 saturated carbocycles. The van der Waals surface area contributed by atoms with Gasteiger partial charge < -0.3 is 9.64 Å². The number of fused-ring (bicyclic) bond motifs is 1. The largest absolute Gasteiger partial charge is 0.439 e. The quantitative estimate of drug-likeness (QED) is 0.829. The van der Waals surface area contributed by atoms with Gasteiger partial charge in [0.15, 0.2) is 6.61 Å². The molecule has 24 heavy (non-hydrogen) atoms. The molecule has 2 aromatic rings. The zero-order valence-electron chi connectivity index (χ0n) is 13.0. The van der Waals surface area contributed by atoms with Crippen molar-refractivity contribution in [2.75, 3.05) is 19.7 Å². The van der Waals surface area contributed by atoms with Gasteiger partial charge in [0.05, 0.1) is 21.3 Å². The van der Waals surface area contributed by atoms with Crippen molar-refractivity contribution in [3.63, 3.8) is 0 Å². The highest BCUT2D eigenvalue weighted by atomic mass is 32.1. The van der Waals surface area contributed by atoms with E-state index in [2.05, 4.69) is 4.98 Å². The number of ether oxygens (including phenoxy) is 1. The number of benzene rings is 1. The van der Waals surface area contributed by atoms with Crippen LogP contribution in [0.1, 0.15) is 21.8 Å². The summed E-state index contributed by atoms with van der Waals surface area (Å²) in [6, 6.07) is 5.17. The van der Waals surface area contributed by atoms with Crippen LogP contribution in [0.15, 0.2) is 18.2 Å². The van der Waals surface area contributed by atoms with Gasteiger partial charge in [-0.3, -0.25) is 9.59 Å². The van der Waals surface area contributed by atoms with Crippen LogP contribution in [0.2, 0.25) is 0 Å². The molecule has 8 heteroatoms. The summed E-state index contributed by atoms with van der Waals surface area (Å²) < 4.78 is 5.73. The molecule has 0 N–H and O–H groups in total. The summed E-state index contributed by atoms with van der Waals surface area (Å²) in [6.45, 7) is 2.59. The average Bonchev–Trinajstić information content (AvgIpc) is 3.24. The lowest BCUT2D eigenvalue weighted by Gasteiger charge is -2.20. The molecule has 2 saturated heterocycles. The fourth-order valence-electron chi connectivity index (χ4n) is 3.21. The van der Waals surface area contributed by atoms with E-state index in [1.807, 2.05) is 19.1 Å². The van der Waals surface area contributed by atoms with E-state index >= 15 is 0 Å². The van der Waals surface area contributed by atoms with E-state index < -0.39 is 6.09 Å². The highest BCUT2D eigenvalue weighted by Crippen LogP contribution is 2.25. The monoisotopic (exact) mass is 345 g/mol. The molecule has 2 aliphatic rings. The number of aryl methyl sites for hydroxylation is 1. The molecule has 0 spiro atoms. The first kappa shape index (κ1) is 15.1. The zero-order valence-corrected chi connectivity index (χ0v) is 13.8. The van der Waals surface area contributed by atoms with E-state index in [1.165, 1.54) is 0 Å². The molecule has 1 aromatic carbocycles. The van der Waals surface area contributed by atoms with E-state index in [9.17, 15) is 14.4 Å². The molecule has 124 valence electrons. The molecule has 3 heterocycles. The summed E-state index contributed by atoms with van der Waals surface area (Å²) in [5, 5.41) is 0.960. The molecule has 4 rings (SSSR count). The molecule has 1 atom stereocenters. The van der Waals surface area contributed by atoms with Crippen molar-refractivity contribution in [3.05, 3.63) is 28.8 Å². The topological polar surface area (TPSA) is 79.8 Å². The number of likely N-dealkylation sites (tertiary alicyclic amines) is 1. The predicted molar refractivity (Wildman–Crippen MR) is 86.9 cm³/mol. The molecular formula is C16H15N3O4S. The fourth-order valence-corrected chi connectivity index (χ4v) is 4.08. The normalized spacial score (nSPS) is 21.0. The molecule has 0 radical (unpaired) electrons. The Morgan fingerprint density at radius 3 is 2.96 bits per heavy atom. The van der Waals surface area contributed by atoms with Crippen LogP contribution < -0.4 is 0 Å². The van der Waals surface area contributed by atoms with Gasteiger partial charge in [-0.15, -0.1) is 11.3 Å². The van der Waals surface area contributed by atoms with Gasteiger partial charge in [-0.1, -0.05) is 0 Å². The number of thiazole rings is 1. The van der Waals surface area contributed by atoms with E-state index in [0.29, 0.717) is 25.1 Å². The van der Waals surface area contributed by atoms with Crippen LogP contribution in [-0.2, 0) is 9.53 Å². The van der Waals surface area contributed by atoms with Crippen LogP contribution in [-0.4, -0.2) is 58.4 Å². The van der Waals surface area contributed by atoms with Gasteiger partial charge in [-0.05, 0) is 31.5 Å². The van der Waals surface area contributed by atoms with Crippen LogP contribution in [0.4, 0.5) is 4.79 Å². The standard InChI is InChI=1S/C16H15N3O4S/c1-9-17-12-3-2-10(6-13(12)24-9)15(21)18-5-4-11(7-18)19-14(20)8-23-16(19)22/h2-3,6,11H,4-5,7-8H2,1H3. The third kappa shape index (κ3) is 2.43. The predicted octanol–water partition coefficient (Wildman–Crippen LogP) is 1.80. The minimum Gasteiger partial charge on any atom is -0.439 e. The van der Waals surface area contributed by atoms with Crippen LogP contribution in [0.25, 0.3) is 10.2 Å². The molecule has 1 unspecified atom stereocenters. The maximum absolute atomic E-state index is 12.7. The summed E-state index contributed by atoms with van der Waals surface area (Å²) in [6.07, 6.45) is -0.0325. The summed E-state index contributed by atoms with van der Waals surface area (Å²) in [5.74, 6) is -0.425. The number of hydrogen-bond donors (Lipinski definition) is 0. The lowest BCUT2D eigenvalue weighted by Crippen LogP contribution is -2.42. The highest BCUT2D eigenvalue weighted by molar-refractivity contribution is 7.18. The highest BCUT2D eigenvalue weighted by Gasteiger charge is 2.41. The van der Waals surface area contributed by atoms with E-state index in [-0.39, 0.29) is 24.5 Å². The SMILES string of the molecule is Cc1nc2ccc(C(=O)N3CCC(N4C(=O)COC4=O)C3)cc2s1. The second-order valence-corrected chi connectivity index (χ2v) is 7.16. The van der Waals surface area contributed by atoms with Gasteiger partial charge in [0.1, 0.15) is 0 Å². The Kier molecular flexibility index (Phi) is 3.49. The van der Waals surface area contributed by atoms with Crippen molar-refractivity contribution in [2.45, 2.75) is 19.4 Å². The maximum Gasteiger partial charge on any atom is 0.417 e. The van der Waals surface area contributed by atoms with Crippen LogP contribution in [0.5, 0.6) is 0 Å². The average molecular weight is 345 g/mol. The van der Waals surface area contributed by atoms with E-state index in [0.717, 1.165) is 20.1 Å². The van der Waals surface area contributed by atoms with Crippen molar-refractivity contribution in [3.8, 4) is 0 Å². The van der Waals surface area contributed by atoms with Crippen LogP contribution in [0.3, 0.4) is 0 Å². The summed E-state index contributed by atoms with van der Waals surface area (Å²) in [7, 11) is 0. The van der Waals surface area contributed by atoms with Gasteiger partial charge in [-0.2, -0.15) is 0 Å². The lowest BCUT2D eigenvalue weighted by atomic mass is 10.2. The third-order valence-corrected chi connectivity index (χ3v) is 5.28. The maximum atomic E-state index is 12.7. The van der Waals surface area contributed by atoms with Gasteiger partial charge in [0.25, 0.3) is 11.8 Å².